The standard InChI is InChI=1S/C38H20N2O5/c1-19(41)20-10-12-24(13-11-20)39-35(42)26-14-16-28-34-29(17-15-27(33(26)34)36(39)43)38(45)40(37(28)44)30-18-23-6-2-4-21-8-9-22-5-3-7-25(30)32(22)31(21)23/h2-18H,1H3. The third-order valence-electron chi connectivity index (χ3n) is 9.15. The molecular formula is C38H20N2O5. The minimum absolute atomic E-state index is 0.132. The molecule has 7 nitrogen and oxygen atoms in total. The molecule has 0 unspecified atom stereocenters. The van der Waals surface area contributed by atoms with E-state index in [4.69, 9.17) is 0 Å². The molecule has 2 heterocycles. The van der Waals surface area contributed by atoms with Gasteiger partial charge in [-0.15, -0.1) is 0 Å². The zero-order valence-corrected chi connectivity index (χ0v) is 23.8. The van der Waals surface area contributed by atoms with Crippen molar-refractivity contribution < 1.29 is 24.0 Å². The third kappa shape index (κ3) is 3.21. The summed E-state index contributed by atoms with van der Waals surface area (Å²) in [5.74, 6) is -2.31. The predicted octanol–water partition coefficient (Wildman–Crippen LogP) is 7.54. The number of Topliss-reactive ketones (excluding diaryl/α,β-unsaturated/α-hetero) is 1. The van der Waals surface area contributed by atoms with E-state index in [-0.39, 0.29) is 28.0 Å². The highest BCUT2D eigenvalue weighted by Crippen LogP contribution is 2.44. The lowest BCUT2D eigenvalue weighted by Gasteiger charge is -2.32. The average Bonchev–Trinajstić information content (AvgIpc) is 3.05. The van der Waals surface area contributed by atoms with E-state index in [9.17, 15) is 24.0 Å². The smallest absolute Gasteiger partial charge is 0.266 e. The fraction of sp³-hybridized carbons (Fsp3) is 0.0263. The Bertz CT molecular complexity index is 2480. The Morgan fingerprint density at radius 2 is 0.978 bits per heavy atom. The number of carbonyl (C=O) groups is 5. The van der Waals surface area contributed by atoms with E-state index in [1.165, 1.54) is 11.8 Å². The van der Waals surface area contributed by atoms with Crippen LogP contribution in [0.1, 0.15) is 58.7 Å². The molecule has 0 N–H and O–H groups in total. The van der Waals surface area contributed by atoms with Crippen LogP contribution in [0.5, 0.6) is 0 Å². The van der Waals surface area contributed by atoms with Crippen LogP contribution in [0.4, 0.5) is 11.4 Å². The molecule has 0 aromatic heterocycles. The SMILES string of the molecule is CC(=O)c1ccc(N2C(=O)c3ccc4c5c(ccc(c35)C2=O)C(=O)N(c2cc3cccc5ccc6cccc2c6c53)C4=O)cc1. The highest BCUT2D eigenvalue weighted by molar-refractivity contribution is 6.43. The first-order valence-corrected chi connectivity index (χ1v) is 14.5. The van der Waals surface area contributed by atoms with Crippen molar-refractivity contribution in [3.63, 3.8) is 0 Å². The van der Waals surface area contributed by atoms with E-state index in [2.05, 4.69) is 6.07 Å². The van der Waals surface area contributed by atoms with Crippen molar-refractivity contribution in [1.29, 1.82) is 0 Å². The Balaban J connectivity index is 1.23. The highest BCUT2D eigenvalue weighted by atomic mass is 16.2. The minimum atomic E-state index is -0.569. The van der Waals surface area contributed by atoms with E-state index in [1.54, 1.807) is 48.5 Å². The summed E-state index contributed by atoms with van der Waals surface area (Å²) in [4.78, 5) is 70.3. The number of benzene rings is 7. The number of rotatable bonds is 3. The highest BCUT2D eigenvalue weighted by Gasteiger charge is 2.41. The van der Waals surface area contributed by atoms with Crippen LogP contribution in [0.15, 0.2) is 103 Å². The number of anilines is 2. The first-order chi connectivity index (χ1) is 21.8. The normalized spacial score (nSPS) is 14.5. The van der Waals surface area contributed by atoms with Crippen LogP contribution in [-0.4, -0.2) is 29.4 Å². The molecule has 4 amide bonds. The second-order valence-corrected chi connectivity index (χ2v) is 11.5. The zero-order chi connectivity index (χ0) is 30.7. The summed E-state index contributed by atoms with van der Waals surface area (Å²) < 4.78 is 0. The average molecular weight is 585 g/mol. The summed E-state index contributed by atoms with van der Waals surface area (Å²) >= 11 is 0. The fourth-order valence-electron chi connectivity index (χ4n) is 7.10. The summed E-state index contributed by atoms with van der Waals surface area (Å²) in [6.45, 7) is 1.44. The lowest BCUT2D eigenvalue weighted by molar-refractivity contribution is 0.0873. The van der Waals surface area contributed by atoms with E-state index < -0.39 is 23.6 Å². The maximum absolute atomic E-state index is 14.3. The number of amides is 4. The molecule has 0 fully saturated rings. The van der Waals surface area contributed by atoms with Gasteiger partial charge in [-0.3, -0.25) is 24.0 Å². The minimum Gasteiger partial charge on any atom is -0.295 e. The Labute approximate surface area is 255 Å². The van der Waals surface area contributed by atoms with Gasteiger partial charge >= 0.3 is 0 Å². The molecule has 212 valence electrons. The quantitative estimate of drug-likeness (QED) is 0.122. The van der Waals surface area contributed by atoms with Gasteiger partial charge < -0.3 is 0 Å². The van der Waals surface area contributed by atoms with E-state index >= 15 is 0 Å². The zero-order valence-electron chi connectivity index (χ0n) is 23.8. The van der Waals surface area contributed by atoms with Crippen molar-refractivity contribution in [2.45, 2.75) is 6.92 Å². The van der Waals surface area contributed by atoms with Crippen molar-refractivity contribution in [3.8, 4) is 0 Å². The molecule has 0 saturated heterocycles. The van der Waals surface area contributed by atoms with E-state index in [1.807, 2.05) is 48.5 Å². The topological polar surface area (TPSA) is 91.8 Å². The molecular weight excluding hydrogens is 564 g/mol. The van der Waals surface area contributed by atoms with Crippen LogP contribution < -0.4 is 9.80 Å². The molecule has 7 aromatic carbocycles. The van der Waals surface area contributed by atoms with Gasteiger partial charge in [-0.25, -0.2) is 9.80 Å². The van der Waals surface area contributed by atoms with Gasteiger partial charge in [0, 0.05) is 44.0 Å². The predicted molar refractivity (Wildman–Crippen MR) is 173 cm³/mol. The van der Waals surface area contributed by atoms with Gasteiger partial charge in [0.05, 0.1) is 11.4 Å². The Kier molecular flexibility index (Phi) is 4.88. The Morgan fingerprint density at radius 1 is 0.489 bits per heavy atom. The fourth-order valence-corrected chi connectivity index (χ4v) is 7.10. The first kappa shape index (κ1) is 25.3. The lowest BCUT2D eigenvalue weighted by Crippen LogP contribution is -2.43. The summed E-state index contributed by atoms with van der Waals surface area (Å²) in [6.07, 6.45) is 0. The number of imide groups is 2. The Morgan fingerprint density at radius 3 is 1.53 bits per heavy atom. The van der Waals surface area contributed by atoms with Gasteiger partial charge in [-0.1, -0.05) is 48.5 Å². The van der Waals surface area contributed by atoms with Crippen LogP contribution in [0.3, 0.4) is 0 Å². The number of hydrogen-bond donors (Lipinski definition) is 0. The van der Waals surface area contributed by atoms with Crippen molar-refractivity contribution in [2.24, 2.45) is 0 Å². The monoisotopic (exact) mass is 584 g/mol. The van der Waals surface area contributed by atoms with Gasteiger partial charge in [0.1, 0.15) is 0 Å². The molecule has 2 aliphatic heterocycles. The van der Waals surface area contributed by atoms with Crippen molar-refractivity contribution in [2.75, 3.05) is 9.80 Å². The largest absolute Gasteiger partial charge is 0.295 e. The summed E-state index contributed by atoms with van der Waals surface area (Å²) in [6, 6.07) is 30.3. The van der Waals surface area contributed by atoms with Crippen molar-refractivity contribution in [1.82, 2.24) is 0 Å². The van der Waals surface area contributed by atoms with E-state index in [0.717, 1.165) is 37.2 Å². The molecule has 9 rings (SSSR count). The van der Waals surface area contributed by atoms with Gasteiger partial charge in [-0.05, 0) is 88.5 Å². The molecule has 0 aliphatic carbocycles. The molecule has 0 atom stereocenters. The number of hydrogen-bond acceptors (Lipinski definition) is 5. The number of carbonyl (C=O) groups excluding carboxylic acids is 5. The maximum Gasteiger partial charge on any atom is 0.266 e. The molecule has 7 heteroatoms. The maximum atomic E-state index is 14.3. The van der Waals surface area contributed by atoms with Crippen LogP contribution in [0.25, 0.3) is 43.1 Å². The first-order valence-electron chi connectivity index (χ1n) is 14.5. The van der Waals surface area contributed by atoms with Crippen molar-refractivity contribution >= 4 is 83.9 Å². The molecule has 7 aromatic rings. The molecule has 0 saturated carbocycles. The van der Waals surface area contributed by atoms with Gasteiger partial charge in [-0.2, -0.15) is 0 Å². The molecule has 45 heavy (non-hydrogen) atoms. The number of nitrogens with zero attached hydrogens (tertiary/aromatic N) is 2. The molecule has 0 radical (unpaired) electrons. The van der Waals surface area contributed by atoms with Crippen LogP contribution in [-0.2, 0) is 0 Å². The summed E-state index contributed by atoms with van der Waals surface area (Å²) in [7, 11) is 0. The summed E-state index contributed by atoms with van der Waals surface area (Å²) in [5, 5.41) is 6.43. The summed E-state index contributed by atoms with van der Waals surface area (Å²) in [5.41, 5.74) is 2.19. The molecule has 2 aliphatic rings. The lowest BCUT2D eigenvalue weighted by atomic mass is 9.85. The second-order valence-electron chi connectivity index (χ2n) is 11.5. The van der Waals surface area contributed by atoms with Gasteiger partial charge in [0.25, 0.3) is 23.6 Å². The van der Waals surface area contributed by atoms with Crippen LogP contribution >= 0.6 is 0 Å². The van der Waals surface area contributed by atoms with Gasteiger partial charge in [0.2, 0.25) is 0 Å². The second kappa shape index (κ2) is 8.67. The van der Waals surface area contributed by atoms with Gasteiger partial charge in [0.15, 0.2) is 5.78 Å². The van der Waals surface area contributed by atoms with E-state index in [0.29, 0.717) is 27.7 Å². The van der Waals surface area contributed by atoms with Crippen LogP contribution in [0, 0.1) is 0 Å². The third-order valence-corrected chi connectivity index (χ3v) is 9.15. The molecule has 0 bridgehead atoms. The molecule has 0 spiro atoms. The van der Waals surface area contributed by atoms with Crippen molar-refractivity contribution in [3.05, 3.63) is 131 Å². The Hall–Kier alpha value is -6.21. The number of ketones is 1. The van der Waals surface area contributed by atoms with Crippen LogP contribution in [0.2, 0.25) is 0 Å².